The number of aromatic nitrogens is 2. The number of aromatic amines is 1. The topological polar surface area (TPSA) is 57.8 Å². The van der Waals surface area contributed by atoms with Crippen LogP contribution in [0.5, 0.6) is 0 Å². The molecule has 0 saturated heterocycles. The number of amides is 1. The number of benzene rings is 2. The van der Waals surface area contributed by atoms with Crippen molar-refractivity contribution in [3.05, 3.63) is 59.5 Å². The van der Waals surface area contributed by atoms with Gasteiger partial charge in [0.05, 0.1) is 17.4 Å². The van der Waals surface area contributed by atoms with E-state index in [2.05, 4.69) is 15.5 Å². The molecular weight excluding hydrogens is 283 g/mol. The second-order valence-corrected chi connectivity index (χ2v) is 4.35. The number of para-hydroxylation sites is 1. The molecule has 1 amide bonds. The highest BCUT2D eigenvalue weighted by molar-refractivity contribution is 6.08. The normalized spacial score (nSPS) is 10.8. The van der Waals surface area contributed by atoms with Crippen molar-refractivity contribution in [2.75, 3.05) is 5.32 Å². The van der Waals surface area contributed by atoms with Crippen LogP contribution in [0.15, 0.2) is 36.5 Å². The van der Waals surface area contributed by atoms with Crippen molar-refractivity contribution in [2.24, 2.45) is 0 Å². The Morgan fingerprint density at radius 3 is 2.57 bits per heavy atom. The summed E-state index contributed by atoms with van der Waals surface area (Å²) in [5, 5.41) is 9.80. The molecule has 1 aromatic heterocycles. The van der Waals surface area contributed by atoms with Crippen LogP contribution in [0.3, 0.4) is 0 Å². The first-order chi connectivity index (χ1) is 10.1. The van der Waals surface area contributed by atoms with E-state index in [1.807, 2.05) is 0 Å². The molecule has 0 aliphatic rings. The maximum Gasteiger partial charge on any atom is 0.255 e. The number of carbonyl (C=O) groups is 1. The van der Waals surface area contributed by atoms with Crippen LogP contribution >= 0.6 is 0 Å². The zero-order valence-corrected chi connectivity index (χ0v) is 10.5. The average molecular weight is 291 g/mol. The summed E-state index contributed by atoms with van der Waals surface area (Å²) in [7, 11) is 0. The number of fused-ring (bicyclic) bond motifs is 1. The Bertz CT molecular complexity index is 821. The molecule has 0 aliphatic carbocycles. The number of H-pyrrole nitrogens is 1. The molecule has 106 valence electrons. The molecule has 7 heteroatoms. The van der Waals surface area contributed by atoms with Crippen molar-refractivity contribution in [2.45, 2.75) is 0 Å². The molecule has 4 nitrogen and oxygen atoms in total. The molecule has 0 bridgehead atoms. The second-order valence-electron chi connectivity index (χ2n) is 4.35. The van der Waals surface area contributed by atoms with Gasteiger partial charge in [-0.2, -0.15) is 5.10 Å². The molecule has 0 saturated carbocycles. The number of hydrogen-bond acceptors (Lipinski definition) is 2. The Morgan fingerprint density at radius 1 is 1.14 bits per heavy atom. The monoisotopic (exact) mass is 291 g/mol. The molecule has 0 fully saturated rings. The van der Waals surface area contributed by atoms with E-state index in [1.54, 1.807) is 24.4 Å². The van der Waals surface area contributed by atoms with Crippen molar-refractivity contribution >= 4 is 22.5 Å². The summed E-state index contributed by atoms with van der Waals surface area (Å²) >= 11 is 0. The predicted octanol–water partition coefficient (Wildman–Crippen LogP) is 3.23. The van der Waals surface area contributed by atoms with Gasteiger partial charge in [0.25, 0.3) is 5.91 Å². The minimum Gasteiger partial charge on any atom is -0.320 e. The Labute approximate surface area is 116 Å². The van der Waals surface area contributed by atoms with Gasteiger partial charge in [-0.3, -0.25) is 9.89 Å². The highest BCUT2D eigenvalue weighted by Crippen LogP contribution is 2.22. The van der Waals surface area contributed by atoms with Crippen molar-refractivity contribution in [1.82, 2.24) is 10.2 Å². The largest absolute Gasteiger partial charge is 0.320 e. The lowest BCUT2D eigenvalue weighted by atomic mass is 10.1. The fourth-order valence-electron chi connectivity index (χ4n) is 1.95. The lowest BCUT2D eigenvalue weighted by Gasteiger charge is -2.07. The van der Waals surface area contributed by atoms with E-state index < -0.39 is 23.4 Å². The van der Waals surface area contributed by atoms with Gasteiger partial charge in [0.2, 0.25) is 0 Å². The van der Waals surface area contributed by atoms with Gasteiger partial charge in [0, 0.05) is 10.9 Å². The zero-order valence-electron chi connectivity index (χ0n) is 10.5. The van der Waals surface area contributed by atoms with Gasteiger partial charge in [-0.05, 0) is 18.2 Å². The van der Waals surface area contributed by atoms with Crippen LogP contribution in [-0.2, 0) is 0 Å². The van der Waals surface area contributed by atoms with Crippen LogP contribution < -0.4 is 5.32 Å². The number of anilines is 1. The average Bonchev–Trinajstić information content (AvgIpc) is 2.93. The van der Waals surface area contributed by atoms with Crippen LogP contribution in [0.25, 0.3) is 10.9 Å². The fourth-order valence-corrected chi connectivity index (χ4v) is 1.95. The summed E-state index contributed by atoms with van der Waals surface area (Å²) in [5.74, 6) is -5.20. The predicted molar refractivity (Wildman–Crippen MR) is 70.4 cm³/mol. The summed E-state index contributed by atoms with van der Waals surface area (Å²) in [4.78, 5) is 12.0. The van der Waals surface area contributed by atoms with Crippen molar-refractivity contribution in [3.63, 3.8) is 0 Å². The minimum atomic E-state index is -1.61. The summed E-state index contributed by atoms with van der Waals surface area (Å²) in [6, 6.07) is 6.36. The van der Waals surface area contributed by atoms with Gasteiger partial charge in [0.15, 0.2) is 17.5 Å². The number of nitrogens with zero attached hydrogens (tertiary/aromatic N) is 1. The van der Waals surface area contributed by atoms with E-state index in [0.717, 1.165) is 5.39 Å². The first-order valence-corrected chi connectivity index (χ1v) is 5.94. The minimum absolute atomic E-state index is 0.317. The second kappa shape index (κ2) is 4.93. The third kappa shape index (κ3) is 2.33. The van der Waals surface area contributed by atoms with Gasteiger partial charge in [-0.25, -0.2) is 13.2 Å². The number of rotatable bonds is 2. The van der Waals surface area contributed by atoms with Crippen LogP contribution in [0.4, 0.5) is 18.9 Å². The SMILES string of the molecule is O=C(Nc1cccc2cn[nH]c12)c1cc(F)c(F)c(F)c1. The molecule has 3 rings (SSSR count). The zero-order chi connectivity index (χ0) is 15.0. The number of halogens is 3. The van der Waals surface area contributed by atoms with Crippen LogP contribution in [0.1, 0.15) is 10.4 Å². The van der Waals surface area contributed by atoms with Crippen LogP contribution in [0, 0.1) is 17.5 Å². The van der Waals surface area contributed by atoms with Gasteiger partial charge in [-0.1, -0.05) is 12.1 Å². The first kappa shape index (κ1) is 13.2. The maximum atomic E-state index is 13.1. The lowest BCUT2D eigenvalue weighted by Crippen LogP contribution is -2.13. The molecule has 2 N–H and O–H groups in total. The Morgan fingerprint density at radius 2 is 1.86 bits per heavy atom. The highest BCUT2D eigenvalue weighted by Gasteiger charge is 2.16. The molecule has 21 heavy (non-hydrogen) atoms. The molecule has 0 spiro atoms. The van der Waals surface area contributed by atoms with E-state index in [9.17, 15) is 18.0 Å². The molecule has 1 heterocycles. The third-order valence-corrected chi connectivity index (χ3v) is 2.97. The maximum absolute atomic E-state index is 13.1. The summed E-state index contributed by atoms with van der Waals surface area (Å²) < 4.78 is 39.1. The fraction of sp³-hybridized carbons (Fsp3) is 0. The van der Waals surface area contributed by atoms with Crippen LogP contribution in [0.2, 0.25) is 0 Å². The van der Waals surface area contributed by atoms with E-state index >= 15 is 0 Å². The number of carbonyl (C=O) groups excluding carboxylic acids is 1. The molecule has 3 aromatic rings. The van der Waals surface area contributed by atoms with E-state index in [1.165, 1.54) is 0 Å². The van der Waals surface area contributed by atoms with Crippen molar-refractivity contribution < 1.29 is 18.0 Å². The van der Waals surface area contributed by atoms with Crippen molar-refractivity contribution in [1.29, 1.82) is 0 Å². The first-order valence-electron chi connectivity index (χ1n) is 5.94. The molecule has 0 aliphatic heterocycles. The van der Waals surface area contributed by atoms with Gasteiger partial charge < -0.3 is 5.32 Å². The smallest absolute Gasteiger partial charge is 0.255 e. The Kier molecular flexibility index (Phi) is 3.09. The molecule has 0 radical (unpaired) electrons. The number of hydrogen-bond donors (Lipinski definition) is 2. The molecule has 0 atom stereocenters. The molecular formula is C14H8F3N3O. The van der Waals surface area contributed by atoms with Crippen LogP contribution in [-0.4, -0.2) is 16.1 Å². The van der Waals surface area contributed by atoms with E-state index in [4.69, 9.17) is 0 Å². The Balaban J connectivity index is 1.95. The van der Waals surface area contributed by atoms with Gasteiger partial charge in [-0.15, -0.1) is 0 Å². The summed E-state index contributed by atoms with van der Waals surface area (Å²) in [6.07, 6.45) is 1.57. The quantitative estimate of drug-likeness (QED) is 0.712. The van der Waals surface area contributed by atoms with Crippen molar-refractivity contribution in [3.8, 4) is 0 Å². The lowest BCUT2D eigenvalue weighted by molar-refractivity contribution is 0.102. The third-order valence-electron chi connectivity index (χ3n) is 2.97. The molecule has 2 aromatic carbocycles. The van der Waals surface area contributed by atoms with Gasteiger partial charge in [0.1, 0.15) is 0 Å². The van der Waals surface area contributed by atoms with E-state index in [-0.39, 0.29) is 5.56 Å². The standard InChI is InChI=1S/C14H8F3N3O/c15-9-4-8(5-10(16)12(9)17)14(21)19-11-3-1-2-7-6-18-20-13(7)11/h1-6H,(H,18,20)(H,19,21). The van der Waals surface area contributed by atoms with E-state index in [0.29, 0.717) is 23.3 Å². The van der Waals surface area contributed by atoms with Gasteiger partial charge >= 0.3 is 0 Å². The summed E-state index contributed by atoms with van der Waals surface area (Å²) in [5.41, 5.74) is 0.664. The highest BCUT2D eigenvalue weighted by atomic mass is 19.2. The Hall–Kier alpha value is -2.83. The number of nitrogens with one attached hydrogen (secondary N) is 2. The molecule has 0 unspecified atom stereocenters. The summed E-state index contributed by atoms with van der Waals surface area (Å²) in [6.45, 7) is 0.